The summed E-state index contributed by atoms with van der Waals surface area (Å²) < 4.78 is 0. The van der Waals surface area contributed by atoms with Gasteiger partial charge in [-0.3, -0.25) is 49.7 Å². The Kier molecular flexibility index (Phi) is 8.15. The van der Waals surface area contributed by atoms with E-state index in [4.69, 9.17) is 39.9 Å². The first kappa shape index (κ1) is 30.5. The molecule has 10 nitrogen and oxygen atoms in total. The maximum absolute atomic E-state index is 4.92. The monoisotopic (exact) mass is 656 g/mol. The van der Waals surface area contributed by atoms with Crippen molar-refractivity contribution in [1.29, 1.82) is 0 Å². The normalized spacial score (nSPS) is 16.2. The van der Waals surface area contributed by atoms with Gasteiger partial charge in [-0.05, 0) is 59.7 Å². The zero-order chi connectivity index (χ0) is 33.3. The lowest BCUT2D eigenvalue weighted by atomic mass is 10.1. The Balaban J connectivity index is 0.958. The molecule has 0 saturated heterocycles. The molecule has 0 atom stereocenters. The summed E-state index contributed by atoms with van der Waals surface area (Å²) in [6.45, 7) is 4.18. The Hall–Kier alpha value is -5.58. The smallest absolute Gasteiger partial charge is 0.153 e. The summed E-state index contributed by atoms with van der Waals surface area (Å²) in [5.74, 6) is 0. The van der Waals surface area contributed by atoms with E-state index in [9.17, 15) is 0 Å². The van der Waals surface area contributed by atoms with Gasteiger partial charge in [-0.15, -0.1) is 0 Å². The average molecular weight is 657 g/mol. The molecule has 9 rings (SSSR count). The van der Waals surface area contributed by atoms with Crippen LogP contribution in [0.2, 0.25) is 0 Å². The standard InChI is InChI=1S/C40H36N10/c1-2-13-30-29(12-1)41-37(42-30)23-49(24-38-43-31-14-3-4-15-32(31)44-38)21-27-10-9-11-28(20-27)22-50(25-39-45-33-16-5-6-17-34(33)46-39)26-40-47-35-18-7-8-19-36(35)48-40/h1-20,37-40H,21-26H2. The topological polar surface area (TPSA) is 105 Å². The number of rotatable bonds is 12. The Morgan fingerprint density at radius 1 is 0.320 bits per heavy atom. The van der Waals surface area contributed by atoms with Gasteiger partial charge in [0.1, 0.15) is 0 Å². The van der Waals surface area contributed by atoms with Gasteiger partial charge in [0.15, 0.2) is 24.7 Å². The molecule has 5 aromatic carbocycles. The Labute approximate surface area is 288 Å². The molecule has 246 valence electrons. The molecule has 0 spiro atoms. The highest BCUT2D eigenvalue weighted by atomic mass is 15.2. The van der Waals surface area contributed by atoms with E-state index in [1.165, 1.54) is 11.1 Å². The third-order valence-electron chi connectivity index (χ3n) is 9.32. The van der Waals surface area contributed by atoms with E-state index in [0.717, 1.165) is 55.9 Å². The Morgan fingerprint density at radius 3 is 0.800 bits per heavy atom. The average Bonchev–Trinajstić information content (AvgIpc) is 3.91. The fourth-order valence-electron chi connectivity index (χ4n) is 7.13. The molecule has 4 aliphatic heterocycles. The van der Waals surface area contributed by atoms with Crippen LogP contribution in [0.15, 0.2) is 161 Å². The van der Waals surface area contributed by atoms with Gasteiger partial charge in [0, 0.05) is 39.3 Å². The highest BCUT2D eigenvalue weighted by Crippen LogP contribution is 2.16. The fraction of sp³-hybridized carbons (Fsp3) is 0.250. The van der Waals surface area contributed by atoms with Gasteiger partial charge in [0.05, 0.1) is 42.9 Å². The van der Waals surface area contributed by atoms with Gasteiger partial charge in [-0.1, -0.05) is 72.8 Å². The van der Waals surface area contributed by atoms with Crippen molar-refractivity contribution < 1.29 is 0 Å². The zero-order valence-electron chi connectivity index (χ0n) is 27.6. The van der Waals surface area contributed by atoms with Crippen molar-refractivity contribution in [1.82, 2.24) is 9.80 Å². The SMILES string of the molecule is c1cc(CN(CC2N=c3ccccc3=N2)CC2N=c3ccccc3=N2)cc(CN(CC2N=c3ccccc3=N2)CC2N=c3ccccc3=N2)c1. The van der Waals surface area contributed by atoms with Crippen molar-refractivity contribution in [2.75, 3.05) is 26.2 Å². The van der Waals surface area contributed by atoms with E-state index < -0.39 is 0 Å². The second-order valence-corrected chi connectivity index (χ2v) is 13.1. The van der Waals surface area contributed by atoms with Gasteiger partial charge in [0.25, 0.3) is 0 Å². The van der Waals surface area contributed by atoms with Crippen LogP contribution in [-0.4, -0.2) is 60.6 Å². The van der Waals surface area contributed by atoms with Crippen LogP contribution in [0.1, 0.15) is 11.1 Å². The predicted molar refractivity (Wildman–Crippen MR) is 187 cm³/mol. The molecule has 0 unspecified atom stereocenters. The van der Waals surface area contributed by atoms with Crippen LogP contribution in [0.25, 0.3) is 0 Å². The number of benzene rings is 5. The number of nitrogens with zero attached hydrogens (tertiary/aromatic N) is 10. The summed E-state index contributed by atoms with van der Waals surface area (Å²) in [6, 6.07) is 41.3. The highest BCUT2D eigenvalue weighted by molar-refractivity contribution is 5.24. The van der Waals surface area contributed by atoms with Gasteiger partial charge < -0.3 is 0 Å². The van der Waals surface area contributed by atoms with Crippen LogP contribution >= 0.6 is 0 Å². The molecule has 5 aromatic rings. The fourth-order valence-corrected chi connectivity index (χ4v) is 7.13. The molecule has 4 aliphatic rings. The molecule has 0 bridgehead atoms. The first-order valence-electron chi connectivity index (χ1n) is 17.2. The summed E-state index contributed by atoms with van der Waals surface area (Å²) in [5, 5.41) is 7.63. The third kappa shape index (κ3) is 6.67. The first-order chi connectivity index (χ1) is 24.7. The molecule has 0 fully saturated rings. The minimum atomic E-state index is -0.166. The molecule has 4 heterocycles. The van der Waals surface area contributed by atoms with Crippen LogP contribution in [0.3, 0.4) is 0 Å². The van der Waals surface area contributed by atoms with Crippen molar-refractivity contribution in [3.63, 3.8) is 0 Å². The summed E-state index contributed by atoms with van der Waals surface area (Å²) in [4.78, 5) is 44.1. The van der Waals surface area contributed by atoms with Gasteiger partial charge >= 0.3 is 0 Å². The van der Waals surface area contributed by atoms with Crippen molar-refractivity contribution in [2.24, 2.45) is 39.9 Å². The molecule has 0 radical (unpaired) electrons. The molecule has 0 amide bonds. The van der Waals surface area contributed by atoms with Gasteiger partial charge in [0.2, 0.25) is 0 Å². The largest absolute Gasteiger partial charge is 0.291 e. The predicted octanol–water partition coefficient (Wildman–Crippen LogP) is 0.407. The van der Waals surface area contributed by atoms with E-state index in [0.29, 0.717) is 26.2 Å². The molecule has 50 heavy (non-hydrogen) atoms. The maximum atomic E-state index is 4.92. The molecule has 0 aromatic heterocycles. The third-order valence-corrected chi connectivity index (χ3v) is 9.32. The number of hydrogen-bond donors (Lipinski definition) is 0. The molecule has 10 heteroatoms. The first-order valence-corrected chi connectivity index (χ1v) is 17.2. The highest BCUT2D eigenvalue weighted by Gasteiger charge is 2.23. The summed E-state index contributed by atoms with van der Waals surface area (Å²) in [6.07, 6.45) is -0.663. The van der Waals surface area contributed by atoms with Crippen LogP contribution in [0.4, 0.5) is 0 Å². The molecule has 0 saturated carbocycles. The van der Waals surface area contributed by atoms with E-state index in [-0.39, 0.29) is 24.7 Å². The van der Waals surface area contributed by atoms with Crippen molar-refractivity contribution in [2.45, 2.75) is 37.8 Å². The second kappa shape index (κ2) is 13.4. The van der Waals surface area contributed by atoms with E-state index >= 15 is 0 Å². The van der Waals surface area contributed by atoms with Crippen LogP contribution in [-0.2, 0) is 13.1 Å². The minimum absolute atomic E-state index is 0.166. The number of hydrogen-bond acceptors (Lipinski definition) is 10. The lowest BCUT2D eigenvalue weighted by molar-refractivity contribution is 0.233. The van der Waals surface area contributed by atoms with E-state index in [1.54, 1.807) is 0 Å². The van der Waals surface area contributed by atoms with Crippen molar-refractivity contribution in [3.8, 4) is 0 Å². The number of fused-ring (bicyclic) bond motifs is 4. The van der Waals surface area contributed by atoms with E-state index in [2.05, 4.69) is 34.1 Å². The van der Waals surface area contributed by atoms with Gasteiger partial charge in [-0.2, -0.15) is 0 Å². The van der Waals surface area contributed by atoms with Gasteiger partial charge in [-0.25, -0.2) is 0 Å². The lowest BCUT2D eigenvalue weighted by Crippen LogP contribution is -2.36. The minimum Gasteiger partial charge on any atom is -0.291 e. The molecular weight excluding hydrogens is 621 g/mol. The van der Waals surface area contributed by atoms with Crippen LogP contribution in [0.5, 0.6) is 0 Å². The Morgan fingerprint density at radius 2 is 0.560 bits per heavy atom. The summed E-state index contributed by atoms with van der Waals surface area (Å²) >= 11 is 0. The molecular formula is C40H36N10. The Bertz CT molecular complexity index is 2120. The zero-order valence-corrected chi connectivity index (χ0v) is 27.6. The summed E-state index contributed by atoms with van der Waals surface area (Å²) in [5.41, 5.74) is 2.44. The van der Waals surface area contributed by atoms with Crippen molar-refractivity contribution in [3.05, 3.63) is 175 Å². The van der Waals surface area contributed by atoms with Crippen molar-refractivity contribution >= 4 is 0 Å². The van der Waals surface area contributed by atoms with E-state index in [1.807, 2.05) is 97.1 Å². The lowest BCUT2D eigenvalue weighted by Gasteiger charge is -2.26. The second-order valence-electron chi connectivity index (χ2n) is 13.1. The quantitative estimate of drug-likeness (QED) is 0.194. The van der Waals surface area contributed by atoms with Crippen LogP contribution < -0.4 is 42.9 Å². The number of para-hydroxylation sites is 8. The molecule has 0 N–H and O–H groups in total. The summed E-state index contributed by atoms with van der Waals surface area (Å²) in [7, 11) is 0. The molecule has 0 aliphatic carbocycles. The maximum Gasteiger partial charge on any atom is 0.153 e. The van der Waals surface area contributed by atoms with Crippen LogP contribution in [0, 0.1) is 0 Å².